The molecule has 0 aliphatic heterocycles. The van der Waals surface area contributed by atoms with Gasteiger partial charge in [0, 0.05) is 25.1 Å². The average molecular weight is 311 g/mol. The van der Waals surface area contributed by atoms with Crippen LogP contribution in [0.4, 0.5) is 4.39 Å². The summed E-state index contributed by atoms with van der Waals surface area (Å²) in [6.45, 7) is 0.562. The first-order valence-electron chi connectivity index (χ1n) is 6.26. The summed E-state index contributed by atoms with van der Waals surface area (Å²) in [5.74, 6) is 1.19. The van der Waals surface area contributed by atoms with E-state index in [1.807, 2.05) is 4.57 Å². The number of alkyl halides is 1. The highest BCUT2D eigenvalue weighted by atomic mass is 35.5. The van der Waals surface area contributed by atoms with E-state index >= 15 is 0 Å². The number of fused-ring (bicyclic) bond motifs is 1. The molecule has 1 aromatic carbocycles. The Balaban J connectivity index is 2.01. The van der Waals surface area contributed by atoms with Crippen LogP contribution in [-0.2, 0) is 18.8 Å². The van der Waals surface area contributed by atoms with Gasteiger partial charge in [-0.05, 0) is 0 Å². The molecule has 0 amide bonds. The van der Waals surface area contributed by atoms with Crippen molar-refractivity contribution >= 4 is 22.6 Å². The standard InChI is InChI=1S/C13H12ClFN4O2/c1-20-11-5-10-9(4-8(11)15)17-13(6-14)19(10)3-2-12-16-7-21-18-12/h4-5,7H,2-3,6H2,1H3. The topological polar surface area (TPSA) is 66.0 Å². The van der Waals surface area contributed by atoms with Crippen molar-refractivity contribution in [1.82, 2.24) is 19.7 Å². The molecule has 0 aliphatic carbocycles. The van der Waals surface area contributed by atoms with E-state index in [0.717, 1.165) is 5.52 Å². The van der Waals surface area contributed by atoms with Gasteiger partial charge in [-0.1, -0.05) is 5.16 Å². The molecule has 0 atom stereocenters. The molecular weight excluding hydrogens is 299 g/mol. The van der Waals surface area contributed by atoms with Gasteiger partial charge >= 0.3 is 0 Å². The summed E-state index contributed by atoms with van der Waals surface area (Å²) in [5, 5.41) is 3.76. The monoisotopic (exact) mass is 310 g/mol. The number of aryl methyl sites for hydroxylation is 2. The number of ether oxygens (including phenoxy) is 1. The van der Waals surface area contributed by atoms with Gasteiger partial charge in [0.05, 0.1) is 24.0 Å². The SMILES string of the molecule is COc1cc2c(cc1F)nc(CCl)n2CCc1ncon1. The molecule has 21 heavy (non-hydrogen) atoms. The van der Waals surface area contributed by atoms with E-state index in [2.05, 4.69) is 15.1 Å². The molecule has 0 saturated heterocycles. The molecule has 2 heterocycles. The van der Waals surface area contributed by atoms with Gasteiger partial charge in [0.25, 0.3) is 0 Å². The summed E-state index contributed by atoms with van der Waals surface area (Å²) in [6, 6.07) is 2.96. The summed E-state index contributed by atoms with van der Waals surface area (Å²) in [5.41, 5.74) is 1.30. The smallest absolute Gasteiger partial charge is 0.213 e. The zero-order valence-corrected chi connectivity index (χ0v) is 12.0. The molecule has 3 aromatic rings. The highest BCUT2D eigenvalue weighted by molar-refractivity contribution is 6.16. The van der Waals surface area contributed by atoms with Crippen LogP contribution in [0.5, 0.6) is 5.75 Å². The van der Waals surface area contributed by atoms with Gasteiger partial charge in [-0.15, -0.1) is 11.6 Å². The van der Waals surface area contributed by atoms with E-state index in [-0.39, 0.29) is 11.6 Å². The average Bonchev–Trinajstić information content (AvgIpc) is 3.11. The van der Waals surface area contributed by atoms with Gasteiger partial charge in [0.15, 0.2) is 17.4 Å². The zero-order valence-electron chi connectivity index (χ0n) is 11.2. The normalized spacial score (nSPS) is 11.2. The lowest BCUT2D eigenvalue weighted by Crippen LogP contribution is -2.06. The molecule has 0 radical (unpaired) electrons. The number of rotatable bonds is 5. The summed E-state index contributed by atoms with van der Waals surface area (Å²) >= 11 is 5.92. The quantitative estimate of drug-likeness (QED) is 0.678. The molecule has 0 unspecified atom stereocenters. The molecule has 6 nitrogen and oxygen atoms in total. The summed E-state index contributed by atoms with van der Waals surface area (Å²) < 4.78 is 25.3. The van der Waals surface area contributed by atoms with Crippen molar-refractivity contribution in [2.24, 2.45) is 0 Å². The second kappa shape index (κ2) is 5.69. The van der Waals surface area contributed by atoms with Crippen LogP contribution in [0.1, 0.15) is 11.6 Å². The molecule has 0 saturated carbocycles. The van der Waals surface area contributed by atoms with E-state index in [9.17, 15) is 4.39 Å². The van der Waals surface area contributed by atoms with Gasteiger partial charge in [-0.2, -0.15) is 4.98 Å². The number of imidazole rings is 1. The van der Waals surface area contributed by atoms with Crippen LogP contribution < -0.4 is 4.74 Å². The lowest BCUT2D eigenvalue weighted by Gasteiger charge is -2.07. The number of hydrogen-bond donors (Lipinski definition) is 0. The van der Waals surface area contributed by atoms with Gasteiger partial charge in [-0.25, -0.2) is 9.37 Å². The van der Waals surface area contributed by atoms with Crippen LogP contribution in [0.2, 0.25) is 0 Å². The van der Waals surface area contributed by atoms with Crippen molar-refractivity contribution in [2.75, 3.05) is 7.11 Å². The minimum Gasteiger partial charge on any atom is -0.494 e. The maximum atomic E-state index is 13.7. The first kappa shape index (κ1) is 13.8. The maximum absolute atomic E-state index is 13.7. The number of benzene rings is 1. The van der Waals surface area contributed by atoms with Crippen LogP contribution in [0.15, 0.2) is 23.0 Å². The third kappa shape index (κ3) is 2.56. The van der Waals surface area contributed by atoms with E-state index in [4.69, 9.17) is 20.9 Å². The van der Waals surface area contributed by atoms with Crippen molar-refractivity contribution in [1.29, 1.82) is 0 Å². The van der Waals surface area contributed by atoms with Crippen LogP contribution >= 0.6 is 11.6 Å². The molecule has 0 N–H and O–H groups in total. The molecule has 0 aliphatic rings. The first-order valence-corrected chi connectivity index (χ1v) is 6.80. The Bertz CT molecular complexity index is 757. The number of nitrogens with zero attached hydrogens (tertiary/aromatic N) is 4. The second-order valence-electron chi connectivity index (χ2n) is 4.39. The first-order chi connectivity index (χ1) is 10.2. The lowest BCUT2D eigenvalue weighted by molar-refractivity contribution is 0.387. The van der Waals surface area contributed by atoms with Crippen molar-refractivity contribution in [3.63, 3.8) is 0 Å². The van der Waals surface area contributed by atoms with E-state index in [1.54, 1.807) is 6.07 Å². The van der Waals surface area contributed by atoms with Crippen molar-refractivity contribution < 1.29 is 13.7 Å². The lowest BCUT2D eigenvalue weighted by atomic mass is 10.2. The Hall–Kier alpha value is -2.15. The molecule has 0 fully saturated rings. The van der Waals surface area contributed by atoms with Crippen LogP contribution in [0.3, 0.4) is 0 Å². The molecular formula is C13H12ClFN4O2. The maximum Gasteiger partial charge on any atom is 0.213 e. The number of methoxy groups -OCH3 is 1. The fourth-order valence-electron chi connectivity index (χ4n) is 2.20. The minimum absolute atomic E-state index is 0.171. The highest BCUT2D eigenvalue weighted by Crippen LogP contribution is 2.26. The third-order valence-corrected chi connectivity index (χ3v) is 3.43. The van der Waals surface area contributed by atoms with E-state index in [0.29, 0.717) is 30.1 Å². The Morgan fingerprint density at radius 3 is 2.95 bits per heavy atom. The van der Waals surface area contributed by atoms with Crippen molar-refractivity contribution in [2.45, 2.75) is 18.8 Å². The van der Waals surface area contributed by atoms with Gasteiger partial charge in [0.2, 0.25) is 6.39 Å². The number of halogens is 2. The fourth-order valence-corrected chi connectivity index (χ4v) is 2.40. The van der Waals surface area contributed by atoms with Crippen LogP contribution in [0, 0.1) is 5.82 Å². The Kier molecular flexibility index (Phi) is 3.74. The molecule has 3 rings (SSSR count). The number of aromatic nitrogens is 4. The van der Waals surface area contributed by atoms with Gasteiger partial charge in [-0.3, -0.25) is 0 Å². The van der Waals surface area contributed by atoms with Crippen LogP contribution in [0.25, 0.3) is 11.0 Å². The predicted octanol–water partition coefficient (Wildman–Crippen LogP) is 2.55. The molecule has 110 valence electrons. The molecule has 2 aromatic heterocycles. The van der Waals surface area contributed by atoms with Crippen molar-refractivity contribution in [3.8, 4) is 5.75 Å². The predicted molar refractivity (Wildman–Crippen MR) is 73.8 cm³/mol. The van der Waals surface area contributed by atoms with Gasteiger partial charge in [0.1, 0.15) is 5.82 Å². The summed E-state index contributed by atoms with van der Waals surface area (Å²) in [6.07, 6.45) is 1.84. The fraction of sp³-hybridized carbons (Fsp3) is 0.308. The summed E-state index contributed by atoms with van der Waals surface area (Å²) in [7, 11) is 1.42. The van der Waals surface area contributed by atoms with E-state index < -0.39 is 5.82 Å². The largest absolute Gasteiger partial charge is 0.494 e. The highest BCUT2D eigenvalue weighted by Gasteiger charge is 2.14. The molecule has 8 heteroatoms. The second-order valence-corrected chi connectivity index (χ2v) is 4.65. The van der Waals surface area contributed by atoms with Crippen LogP contribution in [-0.4, -0.2) is 26.8 Å². The van der Waals surface area contributed by atoms with E-state index in [1.165, 1.54) is 19.6 Å². The van der Waals surface area contributed by atoms with Crippen molar-refractivity contribution in [3.05, 3.63) is 36.0 Å². The summed E-state index contributed by atoms with van der Waals surface area (Å²) in [4.78, 5) is 8.31. The molecule has 0 bridgehead atoms. The Morgan fingerprint density at radius 1 is 1.43 bits per heavy atom. The minimum atomic E-state index is -0.450. The zero-order chi connectivity index (χ0) is 14.8. The number of hydrogen-bond acceptors (Lipinski definition) is 5. The van der Waals surface area contributed by atoms with Gasteiger partial charge < -0.3 is 13.8 Å². The molecule has 0 spiro atoms. The third-order valence-electron chi connectivity index (χ3n) is 3.19. The Labute approximate surface area is 124 Å². The Morgan fingerprint density at radius 2 is 2.29 bits per heavy atom.